The predicted molar refractivity (Wildman–Crippen MR) is 285 cm³/mol. The van der Waals surface area contributed by atoms with Gasteiger partial charge in [-0.15, -0.1) is 0 Å². The second-order valence-electron chi connectivity index (χ2n) is 20.9. The third kappa shape index (κ3) is 5.25. The fraction of sp³-hybridized carbons (Fsp3) is 0.138. The number of furan rings is 1. The highest BCUT2D eigenvalue weighted by Crippen LogP contribution is 2.63. The number of hydrogen-bond acceptors (Lipinski definition) is 2. The molecule has 3 aliphatic rings. The summed E-state index contributed by atoms with van der Waals surface area (Å²) < 4.78 is 8.81. The van der Waals surface area contributed by atoms with Crippen LogP contribution in [0, 0.1) is 0 Å². The molecule has 0 bridgehead atoms. The molecule has 0 fully saturated rings. The topological polar surface area (TPSA) is 21.3 Å². The highest BCUT2D eigenvalue weighted by molar-refractivity contribution is 6.12. The molecule has 0 N–H and O–H groups in total. The first-order valence-corrected chi connectivity index (χ1v) is 24.1. The van der Waals surface area contributed by atoms with E-state index in [1.807, 2.05) is 12.1 Å². The minimum atomic E-state index is -0.181. The van der Waals surface area contributed by atoms with Gasteiger partial charge < -0.3 is 13.9 Å². The number of fused-ring (bicyclic) bond motifs is 13. The van der Waals surface area contributed by atoms with Gasteiger partial charge in [0.1, 0.15) is 11.2 Å². The quantitative estimate of drug-likeness (QED) is 0.172. The number of rotatable bonds is 5. The van der Waals surface area contributed by atoms with E-state index in [0.717, 1.165) is 55.7 Å². The van der Waals surface area contributed by atoms with Crippen LogP contribution in [0.2, 0.25) is 0 Å². The minimum absolute atomic E-state index is 0.0612. The summed E-state index contributed by atoms with van der Waals surface area (Å²) in [6, 6.07) is 72.3. The van der Waals surface area contributed by atoms with Crippen molar-refractivity contribution < 1.29 is 4.42 Å². The molecule has 2 aromatic heterocycles. The second-order valence-corrected chi connectivity index (χ2v) is 20.9. The predicted octanol–water partition coefficient (Wildman–Crippen LogP) is 17.6. The smallest absolute Gasteiger partial charge is 0.137 e. The van der Waals surface area contributed by atoms with Crippen LogP contribution in [-0.4, -0.2) is 4.57 Å². The Bertz CT molecular complexity index is 4000. The summed E-state index contributed by atoms with van der Waals surface area (Å²) in [4.78, 5) is 2.47. The molecule has 0 unspecified atom stereocenters. The van der Waals surface area contributed by atoms with Gasteiger partial charge in [-0.05, 0) is 140 Å². The molecule has 0 saturated carbocycles. The Balaban J connectivity index is 0.924. The SMILES string of the molecule is CC1(C)C2=C(c3ccccc31)C(C)(C)c1cc(N(c3ccc(-c4ccc5c(c4)C(C)(C)c4ccccc4-5)cc3)c3ccc4c(c3)c3ccccc3n4-c3ccc4c(c3)oc3ccccc34)ccc12. The summed E-state index contributed by atoms with van der Waals surface area (Å²) in [5.74, 6) is 0. The molecular formula is C65H50N2O. The lowest BCUT2D eigenvalue weighted by molar-refractivity contribution is 0.660. The molecule has 326 valence electrons. The van der Waals surface area contributed by atoms with Crippen LogP contribution < -0.4 is 4.90 Å². The van der Waals surface area contributed by atoms with Gasteiger partial charge in [0.05, 0.1) is 11.0 Å². The average molecular weight is 875 g/mol. The van der Waals surface area contributed by atoms with E-state index in [0.29, 0.717) is 0 Å². The number of nitrogens with zero attached hydrogens (tertiary/aromatic N) is 2. The van der Waals surface area contributed by atoms with Crippen molar-refractivity contribution in [2.75, 3.05) is 4.90 Å². The number of aromatic nitrogens is 1. The van der Waals surface area contributed by atoms with E-state index in [-0.39, 0.29) is 16.2 Å². The molecule has 2 heterocycles. The molecule has 3 heteroatoms. The molecule has 3 aliphatic carbocycles. The Morgan fingerprint density at radius 2 is 0.897 bits per heavy atom. The third-order valence-electron chi connectivity index (χ3n) is 16.2. The Morgan fingerprint density at radius 3 is 1.71 bits per heavy atom. The van der Waals surface area contributed by atoms with Crippen LogP contribution in [0.15, 0.2) is 199 Å². The number of para-hydroxylation sites is 2. The first-order valence-electron chi connectivity index (χ1n) is 24.1. The zero-order valence-corrected chi connectivity index (χ0v) is 39.3. The van der Waals surface area contributed by atoms with E-state index in [9.17, 15) is 0 Å². The molecule has 9 aromatic carbocycles. The van der Waals surface area contributed by atoms with E-state index in [4.69, 9.17) is 4.42 Å². The maximum Gasteiger partial charge on any atom is 0.137 e. The number of hydrogen-bond donors (Lipinski definition) is 0. The van der Waals surface area contributed by atoms with Gasteiger partial charge in [0.15, 0.2) is 0 Å². The van der Waals surface area contributed by atoms with E-state index < -0.39 is 0 Å². The van der Waals surface area contributed by atoms with Crippen molar-refractivity contribution in [3.63, 3.8) is 0 Å². The zero-order valence-electron chi connectivity index (χ0n) is 39.3. The lowest BCUT2D eigenvalue weighted by atomic mass is 9.76. The molecule has 0 amide bonds. The Hall–Kier alpha value is -7.88. The fourth-order valence-electron chi connectivity index (χ4n) is 12.9. The van der Waals surface area contributed by atoms with Gasteiger partial charge in [0, 0.05) is 66.6 Å². The monoisotopic (exact) mass is 874 g/mol. The molecule has 3 nitrogen and oxygen atoms in total. The average Bonchev–Trinajstić information content (AvgIpc) is 4.09. The molecule has 14 rings (SSSR count). The molecule has 0 saturated heterocycles. The van der Waals surface area contributed by atoms with Crippen molar-refractivity contribution in [3.8, 4) is 27.9 Å². The van der Waals surface area contributed by atoms with Crippen molar-refractivity contribution in [1.29, 1.82) is 0 Å². The van der Waals surface area contributed by atoms with Gasteiger partial charge in [-0.25, -0.2) is 0 Å². The summed E-state index contributed by atoms with van der Waals surface area (Å²) in [6.07, 6.45) is 0. The highest BCUT2D eigenvalue weighted by atomic mass is 16.3. The largest absolute Gasteiger partial charge is 0.456 e. The molecule has 0 atom stereocenters. The van der Waals surface area contributed by atoms with Gasteiger partial charge in [0.2, 0.25) is 0 Å². The molecular weight excluding hydrogens is 825 g/mol. The first-order chi connectivity index (χ1) is 33.0. The Morgan fingerprint density at radius 1 is 0.353 bits per heavy atom. The highest BCUT2D eigenvalue weighted by Gasteiger charge is 2.49. The van der Waals surface area contributed by atoms with Gasteiger partial charge in [-0.2, -0.15) is 0 Å². The Labute approximate surface area is 397 Å². The van der Waals surface area contributed by atoms with Crippen LogP contribution in [0.1, 0.15) is 74.9 Å². The molecule has 0 radical (unpaired) electrons. The van der Waals surface area contributed by atoms with Crippen LogP contribution >= 0.6 is 0 Å². The van der Waals surface area contributed by atoms with Crippen LogP contribution in [0.5, 0.6) is 0 Å². The lowest BCUT2D eigenvalue weighted by Gasteiger charge is -2.31. The van der Waals surface area contributed by atoms with E-state index in [2.05, 4.69) is 233 Å². The normalized spacial score (nSPS) is 15.8. The maximum atomic E-state index is 6.42. The van der Waals surface area contributed by atoms with Crippen molar-refractivity contribution >= 4 is 72.0 Å². The van der Waals surface area contributed by atoms with Crippen LogP contribution in [0.4, 0.5) is 17.1 Å². The van der Waals surface area contributed by atoms with Crippen LogP contribution in [0.3, 0.4) is 0 Å². The summed E-state index contributed by atoms with van der Waals surface area (Å²) in [5, 5.41) is 4.68. The maximum absolute atomic E-state index is 6.42. The van der Waals surface area contributed by atoms with Crippen molar-refractivity contribution in [1.82, 2.24) is 4.57 Å². The van der Waals surface area contributed by atoms with E-state index >= 15 is 0 Å². The van der Waals surface area contributed by atoms with Gasteiger partial charge in [-0.3, -0.25) is 0 Å². The van der Waals surface area contributed by atoms with E-state index in [1.54, 1.807) is 0 Å². The van der Waals surface area contributed by atoms with Crippen LogP contribution in [0.25, 0.3) is 82.8 Å². The second kappa shape index (κ2) is 13.6. The van der Waals surface area contributed by atoms with Crippen molar-refractivity contribution in [2.24, 2.45) is 0 Å². The summed E-state index contributed by atoms with van der Waals surface area (Å²) in [5.41, 5.74) is 24.7. The summed E-state index contributed by atoms with van der Waals surface area (Å²) in [6.45, 7) is 14.4. The first kappa shape index (κ1) is 39.3. The molecule has 68 heavy (non-hydrogen) atoms. The van der Waals surface area contributed by atoms with Crippen LogP contribution in [-0.2, 0) is 16.2 Å². The number of allylic oxidation sites excluding steroid dienone is 2. The zero-order chi connectivity index (χ0) is 45.8. The van der Waals surface area contributed by atoms with Gasteiger partial charge in [0.25, 0.3) is 0 Å². The standard InChI is InChI=1S/C65H50N2O/c1-63(2)53-19-11-7-15-45(53)46-31-25-40(35-55(46)63)39-23-26-41(27-24-39)66(43-29-33-51-56(37-43)65(5,6)61-50-18-8-12-20-54(50)64(3,4)62(51)61)42-30-34-58-52(36-42)47-16-9-13-21-57(47)67(58)44-28-32-49-48-17-10-14-22-59(48)68-60(49)38-44/h7-38H,1-6H3. The summed E-state index contributed by atoms with van der Waals surface area (Å²) in [7, 11) is 0. The van der Waals surface area contributed by atoms with Crippen molar-refractivity contribution in [3.05, 3.63) is 228 Å². The van der Waals surface area contributed by atoms with Gasteiger partial charge >= 0.3 is 0 Å². The Kier molecular flexibility index (Phi) is 7.87. The van der Waals surface area contributed by atoms with E-state index in [1.165, 1.54) is 77.6 Å². The van der Waals surface area contributed by atoms with Crippen molar-refractivity contribution in [2.45, 2.75) is 57.8 Å². The molecule has 0 spiro atoms. The molecule has 0 aliphatic heterocycles. The fourth-order valence-corrected chi connectivity index (χ4v) is 12.9. The third-order valence-corrected chi connectivity index (χ3v) is 16.2. The minimum Gasteiger partial charge on any atom is -0.456 e. The number of anilines is 3. The summed E-state index contributed by atoms with van der Waals surface area (Å²) >= 11 is 0. The molecule has 11 aromatic rings. The van der Waals surface area contributed by atoms with Gasteiger partial charge in [-0.1, -0.05) is 157 Å². The number of benzene rings is 9. The lowest BCUT2D eigenvalue weighted by Crippen LogP contribution is -2.20.